The SMILES string of the molecule is Cc1cccc(C2(NC(=S)Nc3ccc(Cl)cc3)CCCC2)c1. The fourth-order valence-electron chi connectivity index (χ4n) is 3.32. The highest BCUT2D eigenvalue weighted by atomic mass is 35.5. The summed E-state index contributed by atoms with van der Waals surface area (Å²) in [6.45, 7) is 2.14. The summed E-state index contributed by atoms with van der Waals surface area (Å²) < 4.78 is 0. The van der Waals surface area contributed by atoms with Crippen molar-refractivity contribution in [2.75, 3.05) is 5.32 Å². The van der Waals surface area contributed by atoms with Gasteiger partial charge in [0.2, 0.25) is 0 Å². The maximum atomic E-state index is 5.93. The molecule has 0 spiro atoms. The van der Waals surface area contributed by atoms with Gasteiger partial charge in [-0.1, -0.05) is 54.3 Å². The molecule has 0 heterocycles. The van der Waals surface area contributed by atoms with E-state index >= 15 is 0 Å². The molecule has 4 heteroatoms. The van der Waals surface area contributed by atoms with Gasteiger partial charge in [-0.15, -0.1) is 0 Å². The van der Waals surface area contributed by atoms with E-state index in [1.54, 1.807) is 0 Å². The molecule has 2 nitrogen and oxygen atoms in total. The van der Waals surface area contributed by atoms with E-state index in [4.69, 9.17) is 23.8 Å². The van der Waals surface area contributed by atoms with Crippen LogP contribution in [-0.4, -0.2) is 5.11 Å². The van der Waals surface area contributed by atoms with Crippen molar-refractivity contribution in [2.24, 2.45) is 0 Å². The Bertz CT molecular complexity index is 691. The molecule has 2 aromatic carbocycles. The minimum atomic E-state index is -0.0530. The summed E-state index contributed by atoms with van der Waals surface area (Å²) in [7, 11) is 0. The number of nitrogens with one attached hydrogen (secondary N) is 2. The zero-order valence-electron chi connectivity index (χ0n) is 13.2. The van der Waals surface area contributed by atoms with Crippen LogP contribution in [0.4, 0.5) is 5.69 Å². The molecule has 0 radical (unpaired) electrons. The first-order valence-corrected chi connectivity index (χ1v) is 8.78. The lowest BCUT2D eigenvalue weighted by Gasteiger charge is -2.33. The van der Waals surface area contributed by atoms with E-state index < -0.39 is 0 Å². The normalized spacial score (nSPS) is 16.1. The van der Waals surface area contributed by atoms with Crippen LogP contribution in [0.25, 0.3) is 0 Å². The number of anilines is 1. The molecule has 0 aliphatic heterocycles. The maximum absolute atomic E-state index is 5.93. The van der Waals surface area contributed by atoms with Crippen LogP contribution < -0.4 is 10.6 Å². The minimum Gasteiger partial charge on any atom is -0.353 e. The predicted octanol–water partition coefficient (Wildman–Crippen LogP) is 5.40. The van der Waals surface area contributed by atoms with Gasteiger partial charge in [-0.25, -0.2) is 0 Å². The van der Waals surface area contributed by atoms with E-state index in [0.29, 0.717) is 5.11 Å². The van der Waals surface area contributed by atoms with Crippen LogP contribution in [0.2, 0.25) is 5.02 Å². The molecule has 1 aliphatic carbocycles. The molecule has 0 unspecified atom stereocenters. The molecule has 1 saturated carbocycles. The van der Waals surface area contributed by atoms with Crippen LogP contribution >= 0.6 is 23.8 Å². The zero-order chi connectivity index (χ0) is 16.3. The number of aryl methyl sites for hydroxylation is 1. The quantitative estimate of drug-likeness (QED) is 0.728. The van der Waals surface area contributed by atoms with Crippen LogP contribution in [0, 0.1) is 6.92 Å². The van der Waals surface area contributed by atoms with E-state index in [9.17, 15) is 0 Å². The molecular weight excluding hydrogens is 324 g/mol. The molecule has 0 amide bonds. The number of halogens is 1. The topological polar surface area (TPSA) is 24.1 Å². The highest BCUT2D eigenvalue weighted by Gasteiger charge is 2.36. The highest BCUT2D eigenvalue weighted by Crippen LogP contribution is 2.39. The van der Waals surface area contributed by atoms with E-state index in [1.165, 1.54) is 24.0 Å². The van der Waals surface area contributed by atoms with Crippen LogP contribution in [-0.2, 0) is 5.54 Å². The Labute approximate surface area is 148 Å². The lowest BCUT2D eigenvalue weighted by atomic mass is 9.87. The zero-order valence-corrected chi connectivity index (χ0v) is 14.8. The Hall–Kier alpha value is -1.58. The first kappa shape index (κ1) is 16.3. The maximum Gasteiger partial charge on any atom is 0.171 e. The van der Waals surface area contributed by atoms with E-state index in [-0.39, 0.29) is 5.54 Å². The average molecular weight is 345 g/mol. The fourth-order valence-corrected chi connectivity index (χ4v) is 3.76. The van der Waals surface area contributed by atoms with Crippen molar-refractivity contribution < 1.29 is 0 Å². The third-order valence-electron chi connectivity index (χ3n) is 4.48. The second-order valence-corrected chi connectivity index (χ2v) is 7.09. The molecule has 0 saturated heterocycles. The van der Waals surface area contributed by atoms with Crippen molar-refractivity contribution >= 4 is 34.6 Å². The molecule has 120 valence electrons. The first-order valence-electron chi connectivity index (χ1n) is 7.99. The summed E-state index contributed by atoms with van der Waals surface area (Å²) in [5.41, 5.74) is 3.51. The van der Waals surface area contributed by atoms with E-state index in [1.807, 2.05) is 24.3 Å². The van der Waals surface area contributed by atoms with Gasteiger partial charge in [0.05, 0.1) is 5.54 Å². The monoisotopic (exact) mass is 344 g/mol. The van der Waals surface area contributed by atoms with Crippen molar-refractivity contribution in [2.45, 2.75) is 38.1 Å². The largest absolute Gasteiger partial charge is 0.353 e. The van der Waals surface area contributed by atoms with Gasteiger partial charge in [0.25, 0.3) is 0 Å². The van der Waals surface area contributed by atoms with Crippen LogP contribution in [0.1, 0.15) is 36.8 Å². The Morgan fingerprint density at radius 3 is 2.43 bits per heavy atom. The summed E-state index contributed by atoms with van der Waals surface area (Å²) in [5, 5.41) is 8.24. The smallest absolute Gasteiger partial charge is 0.171 e. The molecule has 1 fully saturated rings. The standard InChI is InChI=1S/C19H21ClN2S/c1-14-5-4-6-15(13-14)19(11-2-3-12-19)22-18(23)21-17-9-7-16(20)8-10-17/h4-10,13H,2-3,11-12H2,1H3,(H2,21,22,23). The second-order valence-electron chi connectivity index (χ2n) is 6.24. The first-order chi connectivity index (χ1) is 11.1. The van der Waals surface area contributed by atoms with Gasteiger partial charge in [-0.2, -0.15) is 0 Å². The molecule has 3 rings (SSSR count). The van der Waals surface area contributed by atoms with Crippen LogP contribution in [0.3, 0.4) is 0 Å². The molecule has 0 bridgehead atoms. The van der Waals surface area contributed by atoms with Crippen molar-refractivity contribution in [3.05, 3.63) is 64.7 Å². The van der Waals surface area contributed by atoms with Crippen LogP contribution in [0.5, 0.6) is 0 Å². The van der Waals surface area contributed by atoms with Crippen LogP contribution in [0.15, 0.2) is 48.5 Å². The molecule has 23 heavy (non-hydrogen) atoms. The molecule has 2 aromatic rings. The van der Waals surface area contributed by atoms with Crippen molar-refractivity contribution in [3.8, 4) is 0 Å². The van der Waals surface area contributed by atoms with E-state index in [2.05, 4.69) is 41.8 Å². The highest BCUT2D eigenvalue weighted by molar-refractivity contribution is 7.80. The lowest BCUT2D eigenvalue weighted by molar-refractivity contribution is 0.408. The van der Waals surface area contributed by atoms with E-state index in [0.717, 1.165) is 23.6 Å². The van der Waals surface area contributed by atoms with Gasteiger partial charge in [0.1, 0.15) is 0 Å². The van der Waals surface area contributed by atoms with Gasteiger partial charge < -0.3 is 10.6 Å². The Kier molecular flexibility index (Phi) is 4.88. The third-order valence-corrected chi connectivity index (χ3v) is 4.94. The fraction of sp³-hybridized carbons (Fsp3) is 0.316. The number of rotatable bonds is 3. The Balaban J connectivity index is 1.77. The average Bonchev–Trinajstić information content (AvgIpc) is 2.99. The van der Waals surface area contributed by atoms with Gasteiger partial charge in [0, 0.05) is 10.7 Å². The van der Waals surface area contributed by atoms with Gasteiger partial charge in [-0.3, -0.25) is 0 Å². The molecular formula is C19H21ClN2S. The lowest BCUT2D eigenvalue weighted by Crippen LogP contribution is -2.45. The van der Waals surface area contributed by atoms with Crippen molar-refractivity contribution in [1.82, 2.24) is 5.32 Å². The molecule has 0 atom stereocenters. The predicted molar refractivity (Wildman–Crippen MR) is 102 cm³/mol. The second kappa shape index (κ2) is 6.90. The number of thiocarbonyl (C=S) groups is 1. The summed E-state index contributed by atoms with van der Waals surface area (Å²) >= 11 is 11.5. The summed E-state index contributed by atoms with van der Waals surface area (Å²) in [4.78, 5) is 0. The van der Waals surface area contributed by atoms with Crippen molar-refractivity contribution in [3.63, 3.8) is 0 Å². The Morgan fingerprint density at radius 2 is 1.78 bits per heavy atom. The molecule has 0 aromatic heterocycles. The van der Waals surface area contributed by atoms with Gasteiger partial charge in [0.15, 0.2) is 5.11 Å². The summed E-state index contributed by atoms with van der Waals surface area (Å²) in [6.07, 6.45) is 4.67. The Morgan fingerprint density at radius 1 is 1.09 bits per heavy atom. The number of hydrogen-bond donors (Lipinski definition) is 2. The van der Waals surface area contributed by atoms with Gasteiger partial charge >= 0.3 is 0 Å². The summed E-state index contributed by atoms with van der Waals surface area (Å²) in [6, 6.07) is 16.3. The number of benzene rings is 2. The molecule has 1 aliphatic rings. The molecule has 2 N–H and O–H groups in total. The van der Waals surface area contributed by atoms with Gasteiger partial charge in [-0.05, 0) is 61.8 Å². The summed E-state index contributed by atoms with van der Waals surface area (Å²) in [5.74, 6) is 0. The minimum absolute atomic E-state index is 0.0530. The van der Waals surface area contributed by atoms with Crippen molar-refractivity contribution in [1.29, 1.82) is 0 Å². The number of hydrogen-bond acceptors (Lipinski definition) is 1. The third kappa shape index (κ3) is 3.85.